The Labute approximate surface area is 103 Å². The molecule has 1 fully saturated rings. The van der Waals surface area contributed by atoms with Crippen molar-refractivity contribution in [2.24, 2.45) is 5.92 Å². The number of hydrogen-bond donors (Lipinski definition) is 1. The number of hydrogen-bond acceptors (Lipinski definition) is 4. The van der Waals surface area contributed by atoms with E-state index < -0.39 is 5.97 Å². The summed E-state index contributed by atoms with van der Waals surface area (Å²) in [7, 11) is 1.70. The molecule has 2 atom stereocenters. The highest BCUT2D eigenvalue weighted by Gasteiger charge is 2.37. The van der Waals surface area contributed by atoms with Crippen molar-refractivity contribution in [3.63, 3.8) is 0 Å². The van der Waals surface area contributed by atoms with Crippen LogP contribution < -0.4 is 0 Å². The Morgan fingerprint density at radius 3 is 2.82 bits per heavy atom. The van der Waals surface area contributed by atoms with Crippen molar-refractivity contribution >= 4 is 5.97 Å². The summed E-state index contributed by atoms with van der Waals surface area (Å²) in [6, 6.07) is 0.0278. The van der Waals surface area contributed by atoms with Crippen molar-refractivity contribution in [1.82, 2.24) is 4.90 Å². The third-order valence-electron chi connectivity index (χ3n) is 3.29. The van der Waals surface area contributed by atoms with Gasteiger partial charge in [0.15, 0.2) is 0 Å². The predicted molar refractivity (Wildman–Crippen MR) is 64.1 cm³/mol. The molecule has 0 aromatic carbocycles. The summed E-state index contributed by atoms with van der Waals surface area (Å²) in [5, 5.41) is 9.11. The molecule has 2 unspecified atom stereocenters. The number of carbonyl (C=O) groups is 1. The summed E-state index contributed by atoms with van der Waals surface area (Å²) in [5.74, 6) is -1.12. The zero-order valence-corrected chi connectivity index (χ0v) is 10.7. The summed E-state index contributed by atoms with van der Waals surface area (Å²) in [4.78, 5) is 13.3. The Hall–Kier alpha value is -0.650. The van der Waals surface area contributed by atoms with E-state index in [1.54, 1.807) is 7.11 Å². The van der Waals surface area contributed by atoms with Crippen LogP contribution in [-0.2, 0) is 14.3 Å². The van der Waals surface area contributed by atoms with Crippen LogP contribution in [-0.4, -0.2) is 62.0 Å². The molecule has 0 spiro atoms. The second kappa shape index (κ2) is 7.63. The maximum atomic E-state index is 11.1. The molecule has 0 bridgehead atoms. The summed E-state index contributed by atoms with van der Waals surface area (Å²) in [5.41, 5.74) is 0. The van der Waals surface area contributed by atoms with Crippen LogP contribution in [0.15, 0.2) is 0 Å². The largest absolute Gasteiger partial charge is 0.481 e. The smallest absolute Gasteiger partial charge is 0.310 e. The Morgan fingerprint density at radius 1 is 1.47 bits per heavy atom. The first kappa shape index (κ1) is 14.4. The van der Waals surface area contributed by atoms with Gasteiger partial charge in [0.05, 0.1) is 19.1 Å². The topological polar surface area (TPSA) is 59.0 Å². The van der Waals surface area contributed by atoms with E-state index in [-0.39, 0.29) is 12.0 Å². The molecule has 0 amide bonds. The number of likely N-dealkylation sites (N-methyl/N-ethyl adjacent to an activating group) is 1. The first-order valence-electron chi connectivity index (χ1n) is 6.24. The van der Waals surface area contributed by atoms with Crippen molar-refractivity contribution in [3.05, 3.63) is 0 Å². The van der Waals surface area contributed by atoms with Crippen LogP contribution >= 0.6 is 0 Å². The fourth-order valence-electron chi connectivity index (χ4n) is 2.26. The van der Waals surface area contributed by atoms with Gasteiger partial charge in [-0.05, 0) is 25.9 Å². The standard InChI is InChI=1S/C12H23NO4/c1-3-13(6-4-5-7-16-2)11-9-17-8-10(11)12(14)15/h10-11H,3-9H2,1-2H3,(H,14,15). The summed E-state index contributed by atoms with van der Waals surface area (Å²) >= 11 is 0. The first-order valence-corrected chi connectivity index (χ1v) is 6.24. The molecule has 17 heavy (non-hydrogen) atoms. The molecule has 0 aliphatic carbocycles. The van der Waals surface area contributed by atoms with Crippen molar-refractivity contribution < 1.29 is 19.4 Å². The molecule has 1 aliphatic heterocycles. The lowest BCUT2D eigenvalue weighted by Gasteiger charge is -2.29. The maximum Gasteiger partial charge on any atom is 0.310 e. The molecule has 100 valence electrons. The average Bonchev–Trinajstić information content (AvgIpc) is 2.78. The zero-order chi connectivity index (χ0) is 12.7. The molecule has 1 aliphatic rings. The first-order chi connectivity index (χ1) is 8.20. The summed E-state index contributed by atoms with van der Waals surface area (Å²) in [6.07, 6.45) is 2.04. The molecule has 5 heteroatoms. The minimum atomic E-state index is -0.747. The van der Waals surface area contributed by atoms with Crippen LogP contribution in [0, 0.1) is 5.92 Å². The maximum absolute atomic E-state index is 11.1. The third kappa shape index (κ3) is 4.26. The lowest BCUT2D eigenvalue weighted by molar-refractivity contribution is -0.143. The van der Waals surface area contributed by atoms with Crippen LogP contribution in [0.4, 0.5) is 0 Å². The van der Waals surface area contributed by atoms with Gasteiger partial charge in [-0.25, -0.2) is 0 Å². The number of rotatable bonds is 8. The molecule has 5 nitrogen and oxygen atoms in total. The fourth-order valence-corrected chi connectivity index (χ4v) is 2.26. The Balaban J connectivity index is 2.40. The molecule has 1 saturated heterocycles. The SMILES string of the molecule is CCN(CCCCOC)C1COCC1C(=O)O. The van der Waals surface area contributed by atoms with Crippen molar-refractivity contribution in [2.75, 3.05) is 40.0 Å². The van der Waals surface area contributed by atoms with Gasteiger partial charge in [-0.3, -0.25) is 9.69 Å². The zero-order valence-electron chi connectivity index (χ0n) is 10.7. The van der Waals surface area contributed by atoms with Crippen molar-refractivity contribution in [1.29, 1.82) is 0 Å². The third-order valence-corrected chi connectivity index (χ3v) is 3.29. The van der Waals surface area contributed by atoms with E-state index in [2.05, 4.69) is 11.8 Å². The number of nitrogens with zero attached hydrogens (tertiary/aromatic N) is 1. The van der Waals surface area contributed by atoms with E-state index in [0.29, 0.717) is 13.2 Å². The quantitative estimate of drug-likeness (QED) is 0.642. The molecule has 0 aromatic heterocycles. The van der Waals surface area contributed by atoms with Gasteiger partial charge in [0.2, 0.25) is 0 Å². The van der Waals surface area contributed by atoms with Gasteiger partial charge < -0.3 is 14.6 Å². The minimum Gasteiger partial charge on any atom is -0.481 e. The Morgan fingerprint density at radius 2 is 2.24 bits per heavy atom. The molecule has 0 radical (unpaired) electrons. The highest BCUT2D eigenvalue weighted by Crippen LogP contribution is 2.20. The van der Waals surface area contributed by atoms with Crippen molar-refractivity contribution in [3.8, 4) is 0 Å². The van der Waals surface area contributed by atoms with Crippen LogP contribution in [0.1, 0.15) is 19.8 Å². The Bertz CT molecular complexity index is 235. The molecule has 1 rings (SSSR count). The van der Waals surface area contributed by atoms with Crippen LogP contribution in [0.5, 0.6) is 0 Å². The molecule has 0 saturated carbocycles. The van der Waals surface area contributed by atoms with Gasteiger partial charge in [0.25, 0.3) is 0 Å². The second-order valence-corrected chi connectivity index (χ2v) is 4.38. The monoisotopic (exact) mass is 245 g/mol. The highest BCUT2D eigenvalue weighted by molar-refractivity contribution is 5.71. The van der Waals surface area contributed by atoms with Gasteiger partial charge in [-0.15, -0.1) is 0 Å². The number of carboxylic acids is 1. The van der Waals surface area contributed by atoms with Crippen LogP contribution in [0.3, 0.4) is 0 Å². The van der Waals surface area contributed by atoms with Crippen LogP contribution in [0.2, 0.25) is 0 Å². The van der Waals surface area contributed by atoms with Gasteiger partial charge >= 0.3 is 5.97 Å². The number of unbranched alkanes of at least 4 members (excludes halogenated alkanes) is 1. The summed E-state index contributed by atoms with van der Waals surface area (Å²) < 4.78 is 10.3. The van der Waals surface area contributed by atoms with E-state index in [9.17, 15) is 4.79 Å². The Kier molecular flexibility index (Phi) is 6.47. The summed E-state index contributed by atoms with van der Waals surface area (Å²) in [6.45, 7) is 5.49. The normalized spacial score (nSPS) is 24.4. The molecule has 0 aromatic rings. The number of ether oxygens (including phenoxy) is 2. The second-order valence-electron chi connectivity index (χ2n) is 4.38. The van der Waals surface area contributed by atoms with Gasteiger partial charge in [0.1, 0.15) is 0 Å². The average molecular weight is 245 g/mol. The molecular weight excluding hydrogens is 222 g/mol. The van der Waals surface area contributed by atoms with E-state index in [1.165, 1.54) is 0 Å². The van der Waals surface area contributed by atoms with E-state index in [4.69, 9.17) is 14.6 Å². The number of aliphatic carboxylic acids is 1. The van der Waals surface area contributed by atoms with E-state index in [0.717, 1.165) is 32.5 Å². The predicted octanol–water partition coefficient (Wildman–Crippen LogP) is 0.835. The lowest BCUT2D eigenvalue weighted by atomic mass is 10.0. The number of methoxy groups -OCH3 is 1. The fraction of sp³-hybridized carbons (Fsp3) is 0.917. The number of carboxylic acid groups (broad SMARTS) is 1. The molecular formula is C12H23NO4. The lowest BCUT2D eigenvalue weighted by Crippen LogP contribution is -2.43. The minimum absolute atomic E-state index is 0.0278. The molecule has 1 heterocycles. The van der Waals surface area contributed by atoms with Gasteiger partial charge in [-0.2, -0.15) is 0 Å². The van der Waals surface area contributed by atoms with Crippen molar-refractivity contribution in [2.45, 2.75) is 25.8 Å². The molecule has 1 N–H and O–H groups in total. The van der Waals surface area contributed by atoms with Gasteiger partial charge in [0, 0.05) is 19.8 Å². The van der Waals surface area contributed by atoms with Gasteiger partial charge in [-0.1, -0.05) is 6.92 Å². The highest BCUT2D eigenvalue weighted by atomic mass is 16.5. The van der Waals surface area contributed by atoms with E-state index >= 15 is 0 Å². The van der Waals surface area contributed by atoms with E-state index in [1.807, 2.05) is 0 Å². The van der Waals surface area contributed by atoms with Crippen LogP contribution in [0.25, 0.3) is 0 Å².